The largest absolute Gasteiger partial charge is 0.483 e. The fourth-order valence-corrected chi connectivity index (χ4v) is 3.13. The number of nitrogens with one attached hydrogen (secondary N) is 1. The van der Waals surface area contributed by atoms with Crippen LogP contribution in [-0.4, -0.2) is 36.4 Å². The third-order valence-corrected chi connectivity index (χ3v) is 5.17. The van der Waals surface area contributed by atoms with Crippen LogP contribution in [0.15, 0.2) is 36.4 Å². The molecule has 7 heteroatoms. The molecule has 0 heterocycles. The number of hydrogen-bond acceptors (Lipinski definition) is 3. The predicted molar refractivity (Wildman–Crippen MR) is 112 cm³/mol. The molecule has 1 unspecified atom stereocenters. The Kier molecular flexibility index (Phi) is 7.72. The van der Waals surface area contributed by atoms with Crippen molar-refractivity contribution in [3.05, 3.63) is 63.1 Å². The molecule has 0 radical (unpaired) electrons. The molecule has 0 aliphatic heterocycles. The van der Waals surface area contributed by atoms with Crippen LogP contribution in [0.2, 0.25) is 10.0 Å². The number of aryl methyl sites for hydroxylation is 2. The molecular formula is C21H24Cl2N2O3. The summed E-state index contributed by atoms with van der Waals surface area (Å²) in [6, 6.07) is 10.2. The molecule has 0 spiro atoms. The molecular weight excluding hydrogens is 399 g/mol. The molecule has 2 amide bonds. The lowest BCUT2D eigenvalue weighted by atomic mass is 10.1. The van der Waals surface area contributed by atoms with Crippen molar-refractivity contribution in [2.45, 2.75) is 33.4 Å². The fourth-order valence-electron chi connectivity index (χ4n) is 2.81. The molecule has 28 heavy (non-hydrogen) atoms. The average molecular weight is 423 g/mol. The molecule has 1 N–H and O–H groups in total. The lowest BCUT2D eigenvalue weighted by Gasteiger charge is -2.28. The van der Waals surface area contributed by atoms with Gasteiger partial charge in [-0.3, -0.25) is 9.59 Å². The molecule has 2 rings (SSSR count). The predicted octanol–water partition coefficient (Wildman–Crippen LogP) is 4.15. The first kappa shape index (κ1) is 22.1. The maximum absolute atomic E-state index is 12.9. The SMILES string of the molecule is CNC(=O)C(C)N(Cc1ccc(Cl)c(Cl)c1)C(=O)COc1ccc(C)cc1C. The van der Waals surface area contributed by atoms with Gasteiger partial charge < -0.3 is 15.0 Å². The molecule has 0 aliphatic carbocycles. The molecule has 5 nitrogen and oxygen atoms in total. The number of carbonyl (C=O) groups excluding carboxylic acids is 2. The van der Waals surface area contributed by atoms with Gasteiger partial charge in [0.15, 0.2) is 6.61 Å². The molecule has 0 saturated heterocycles. The number of carbonyl (C=O) groups is 2. The Morgan fingerprint density at radius 3 is 2.43 bits per heavy atom. The van der Waals surface area contributed by atoms with Crippen molar-refractivity contribution in [2.24, 2.45) is 0 Å². The van der Waals surface area contributed by atoms with E-state index in [2.05, 4.69) is 5.32 Å². The van der Waals surface area contributed by atoms with Crippen molar-refractivity contribution in [3.8, 4) is 5.75 Å². The monoisotopic (exact) mass is 422 g/mol. The van der Waals surface area contributed by atoms with Crippen LogP contribution in [0, 0.1) is 13.8 Å². The lowest BCUT2D eigenvalue weighted by Crippen LogP contribution is -2.48. The second-order valence-corrected chi connectivity index (χ2v) is 7.43. The van der Waals surface area contributed by atoms with Gasteiger partial charge in [-0.15, -0.1) is 0 Å². The third-order valence-electron chi connectivity index (χ3n) is 4.43. The maximum atomic E-state index is 12.9. The van der Waals surface area contributed by atoms with Gasteiger partial charge in [0.25, 0.3) is 5.91 Å². The summed E-state index contributed by atoms with van der Waals surface area (Å²) in [4.78, 5) is 26.5. The van der Waals surface area contributed by atoms with Crippen LogP contribution in [-0.2, 0) is 16.1 Å². The van der Waals surface area contributed by atoms with Crippen LogP contribution in [0.4, 0.5) is 0 Å². The van der Waals surface area contributed by atoms with E-state index in [9.17, 15) is 9.59 Å². The quantitative estimate of drug-likeness (QED) is 0.728. The maximum Gasteiger partial charge on any atom is 0.261 e. The third kappa shape index (κ3) is 5.63. The van der Waals surface area contributed by atoms with Crippen molar-refractivity contribution < 1.29 is 14.3 Å². The number of amides is 2. The molecule has 0 bridgehead atoms. The van der Waals surface area contributed by atoms with E-state index in [0.717, 1.165) is 16.7 Å². The summed E-state index contributed by atoms with van der Waals surface area (Å²) in [6.07, 6.45) is 0. The minimum atomic E-state index is -0.672. The van der Waals surface area contributed by atoms with E-state index in [-0.39, 0.29) is 25.0 Å². The molecule has 2 aromatic rings. The van der Waals surface area contributed by atoms with E-state index >= 15 is 0 Å². The zero-order valence-electron chi connectivity index (χ0n) is 16.4. The Morgan fingerprint density at radius 2 is 1.82 bits per heavy atom. The van der Waals surface area contributed by atoms with E-state index in [0.29, 0.717) is 15.8 Å². The molecule has 150 valence electrons. The Balaban J connectivity index is 2.18. The highest BCUT2D eigenvalue weighted by atomic mass is 35.5. The molecule has 0 saturated carbocycles. The summed E-state index contributed by atoms with van der Waals surface area (Å²) in [6.45, 7) is 5.62. The topological polar surface area (TPSA) is 58.6 Å². The van der Waals surface area contributed by atoms with Crippen molar-refractivity contribution >= 4 is 35.0 Å². The lowest BCUT2D eigenvalue weighted by molar-refractivity contribution is -0.142. The molecule has 0 aliphatic rings. The van der Waals surface area contributed by atoms with Gasteiger partial charge in [0.2, 0.25) is 5.91 Å². The van der Waals surface area contributed by atoms with Gasteiger partial charge in [0, 0.05) is 13.6 Å². The Labute approximate surface area is 175 Å². The van der Waals surface area contributed by atoms with Crippen LogP contribution in [0.25, 0.3) is 0 Å². The Bertz CT molecular complexity index is 871. The number of hydrogen-bond donors (Lipinski definition) is 1. The van der Waals surface area contributed by atoms with Crippen molar-refractivity contribution in [3.63, 3.8) is 0 Å². The molecule has 1 atom stereocenters. The van der Waals surface area contributed by atoms with E-state index < -0.39 is 6.04 Å². The highest BCUT2D eigenvalue weighted by molar-refractivity contribution is 6.42. The first-order valence-corrected chi connectivity index (χ1v) is 9.63. The minimum absolute atomic E-state index is 0.174. The number of ether oxygens (including phenoxy) is 1. The Morgan fingerprint density at radius 1 is 1.11 bits per heavy atom. The van der Waals surface area contributed by atoms with Gasteiger partial charge in [0.1, 0.15) is 11.8 Å². The second kappa shape index (κ2) is 9.80. The molecule has 0 fully saturated rings. The highest BCUT2D eigenvalue weighted by Crippen LogP contribution is 2.24. The zero-order valence-corrected chi connectivity index (χ0v) is 17.9. The number of nitrogens with zero attached hydrogens (tertiary/aromatic N) is 1. The molecule has 0 aromatic heterocycles. The van der Waals surface area contributed by atoms with Gasteiger partial charge in [-0.25, -0.2) is 0 Å². The van der Waals surface area contributed by atoms with Crippen LogP contribution in [0.3, 0.4) is 0 Å². The Hall–Kier alpha value is -2.24. The highest BCUT2D eigenvalue weighted by Gasteiger charge is 2.26. The first-order valence-electron chi connectivity index (χ1n) is 8.88. The average Bonchev–Trinajstić information content (AvgIpc) is 2.66. The van der Waals surface area contributed by atoms with Gasteiger partial charge in [0.05, 0.1) is 10.0 Å². The number of likely N-dealkylation sites (N-methyl/N-ethyl adjacent to an activating group) is 1. The summed E-state index contributed by atoms with van der Waals surface area (Å²) in [5, 5.41) is 3.40. The number of halogens is 2. The standard InChI is InChI=1S/C21H24Cl2N2O3/c1-13-5-8-19(14(2)9-13)28-12-20(26)25(15(3)21(27)24-4)11-16-6-7-17(22)18(23)10-16/h5-10,15H,11-12H2,1-4H3,(H,24,27). The van der Waals surface area contributed by atoms with Crippen LogP contribution < -0.4 is 10.1 Å². The van der Waals surface area contributed by atoms with E-state index in [1.165, 1.54) is 11.9 Å². The smallest absolute Gasteiger partial charge is 0.261 e. The van der Waals surface area contributed by atoms with E-state index in [4.69, 9.17) is 27.9 Å². The van der Waals surface area contributed by atoms with Gasteiger partial charge in [-0.1, -0.05) is 47.0 Å². The fraction of sp³-hybridized carbons (Fsp3) is 0.333. The minimum Gasteiger partial charge on any atom is -0.483 e. The second-order valence-electron chi connectivity index (χ2n) is 6.62. The van der Waals surface area contributed by atoms with Gasteiger partial charge in [-0.2, -0.15) is 0 Å². The van der Waals surface area contributed by atoms with Crippen molar-refractivity contribution in [2.75, 3.05) is 13.7 Å². The zero-order chi connectivity index (χ0) is 20.8. The number of benzene rings is 2. The van der Waals surface area contributed by atoms with Crippen LogP contribution in [0.5, 0.6) is 5.75 Å². The summed E-state index contributed by atoms with van der Waals surface area (Å²) in [5.74, 6) is 0.0723. The van der Waals surface area contributed by atoms with Crippen molar-refractivity contribution in [1.29, 1.82) is 0 Å². The van der Waals surface area contributed by atoms with Gasteiger partial charge >= 0.3 is 0 Å². The summed E-state index contributed by atoms with van der Waals surface area (Å²) in [5.41, 5.74) is 2.83. The number of rotatable bonds is 7. The summed E-state index contributed by atoms with van der Waals surface area (Å²) >= 11 is 12.0. The normalized spacial score (nSPS) is 11.6. The van der Waals surface area contributed by atoms with Crippen LogP contribution in [0.1, 0.15) is 23.6 Å². The van der Waals surface area contributed by atoms with Gasteiger partial charge in [-0.05, 0) is 50.1 Å². The van der Waals surface area contributed by atoms with E-state index in [1.54, 1.807) is 25.1 Å². The summed E-state index contributed by atoms with van der Waals surface area (Å²) < 4.78 is 5.71. The first-order chi connectivity index (χ1) is 13.2. The summed E-state index contributed by atoms with van der Waals surface area (Å²) in [7, 11) is 1.53. The molecule has 2 aromatic carbocycles. The van der Waals surface area contributed by atoms with Crippen molar-refractivity contribution in [1.82, 2.24) is 10.2 Å². The van der Waals surface area contributed by atoms with E-state index in [1.807, 2.05) is 32.0 Å². The van der Waals surface area contributed by atoms with Crippen LogP contribution >= 0.6 is 23.2 Å².